The van der Waals surface area contributed by atoms with Crippen molar-refractivity contribution in [2.24, 2.45) is 5.73 Å². The smallest absolute Gasteiger partial charge is 0.308 e. The first kappa shape index (κ1) is 12.1. The van der Waals surface area contributed by atoms with Gasteiger partial charge in [-0.3, -0.25) is 0 Å². The van der Waals surface area contributed by atoms with Crippen molar-refractivity contribution in [1.82, 2.24) is 14.5 Å². The van der Waals surface area contributed by atoms with Crippen molar-refractivity contribution in [2.45, 2.75) is 6.42 Å². The summed E-state index contributed by atoms with van der Waals surface area (Å²) in [4.78, 5) is 9.20. The number of nitrogens with zero attached hydrogens (tertiary/aromatic N) is 3. The van der Waals surface area contributed by atoms with E-state index in [1.165, 1.54) is 0 Å². The predicted octanol–water partition coefficient (Wildman–Crippen LogP) is 2.67. The molecule has 0 saturated heterocycles. The highest BCUT2D eigenvalue weighted by Crippen LogP contribution is 2.24. The van der Waals surface area contributed by atoms with Gasteiger partial charge in [-0.1, -0.05) is 24.3 Å². The largest absolute Gasteiger partial charge is 0.423 e. The minimum absolute atomic E-state index is 0.531. The highest BCUT2D eigenvalue weighted by Gasteiger charge is 2.16. The molecule has 0 amide bonds. The average molecular weight is 278 g/mol. The Kier molecular flexibility index (Phi) is 2.72. The number of para-hydroxylation sites is 4. The highest BCUT2D eigenvalue weighted by atomic mass is 16.4. The lowest BCUT2D eigenvalue weighted by molar-refractivity contribution is 0.560. The zero-order chi connectivity index (χ0) is 14.2. The molecule has 4 aromatic rings. The molecule has 21 heavy (non-hydrogen) atoms. The van der Waals surface area contributed by atoms with Crippen LogP contribution in [0.25, 0.3) is 28.1 Å². The van der Waals surface area contributed by atoms with Gasteiger partial charge in [0, 0.05) is 6.42 Å². The maximum absolute atomic E-state index is 5.88. The van der Waals surface area contributed by atoms with Gasteiger partial charge in [0.2, 0.25) is 0 Å². The Morgan fingerprint density at radius 1 is 0.952 bits per heavy atom. The third kappa shape index (κ3) is 1.90. The third-order valence-electron chi connectivity index (χ3n) is 3.47. The lowest BCUT2D eigenvalue weighted by Crippen LogP contribution is -2.09. The SMILES string of the molecule is NCCc1nc2ccccc2n1-c1nc2ccccc2o1. The van der Waals surface area contributed by atoms with Crippen molar-refractivity contribution in [1.29, 1.82) is 0 Å². The quantitative estimate of drug-likeness (QED) is 0.625. The second kappa shape index (κ2) is 4.71. The molecule has 2 N–H and O–H groups in total. The predicted molar refractivity (Wildman–Crippen MR) is 81.4 cm³/mol. The standard InChI is InChI=1S/C16H14N4O/c17-10-9-15-18-11-5-1-3-7-13(11)20(15)16-19-12-6-2-4-8-14(12)21-16/h1-8H,9-10,17H2. The van der Waals surface area contributed by atoms with Gasteiger partial charge in [-0.2, -0.15) is 4.98 Å². The summed E-state index contributed by atoms with van der Waals surface area (Å²) >= 11 is 0. The van der Waals surface area contributed by atoms with Crippen LogP contribution in [0.15, 0.2) is 52.9 Å². The zero-order valence-corrected chi connectivity index (χ0v) is 11.4. The lowest BCUT2D eigenvalue weighted by atomic mass is 10.3. The van der Waals surface area contributed by atoms with E-state index < -0.39 is 0 Å². The average Bonchev–Trinajstić information content (AvgIpc) is 3.07. The first-order chi connectivity index (χ1) is 10.4. The second-order valence-electron chi connectivity index (χ2n) is 4.85. The Morgan fingerprint density at radius 3 is 2.52 bits per heavy atom. The first-order valence-electron chi connectivity index (χ1n) is 6.89. The maximum Gasteiger partial charge on any atom is 0.308 e. The molecule has 0 aliphatic heterocycles. The molecule has 104 valence electrons. The normalized spacial score (nSPS) is 11.5. The summed E-state index contributed by atoms with van der Waals surface area (Å²) < 4.78 is 7.83. The van der Waals surface area contributed by atoms with Crippen LogP contribution in [0.4, 0.5) is 0 Å². The Balaban J connectivity index is 2.01. The Hall–Kier alpha value is -2.66. The van der Waals surface area contributed by atoms with E-state index in [0.29, 0.717) is 19.0 Å². The van der Waals surface area contributed by atoms with Crippen LogP contribution in [-0.2, 0) is 6.42 Å². The minimum Gasteiger partial charge on any atom is -0.423 e. The molecule has 0 unspecified atom stereocenters. The van der Waals surface area contributed by atoms with Gasteiger partial charge < -0.3 is 10.2 Å². The van der Waals surface area contributed by atoms with Crippen LogP contribution < -0.4 is 5.73 Å². The molecule has 0 aliphatic carbocycles. The summed E-state index contributed by atoms with van der Waals surface area (Å²) in [6.07, 6.45) is 0.674. The fourth-order valence-electron chi connectivity index (χ4n) is 2.54. The van der Waals surface area contributed by atoms with E-state index in [1.807, 2.05) is 53.1 Å². The molecule has 2 aromatic heterocycles. The number of hydrogen-bond acceptors (Lipinski definition) is 4. The molecular formula is C16H14N4O. The van der Waals surface area contributed by atoms with Crippen molar-refractivity contribution in [3.63, 3.8) is 0 Å². The van der Waals surface area contributed by atoms with Gasteiger partial charge in [-0.05, 0) is 30.8 Å². The van der Waals surface area contributed by atoms with Crippen LogP contribution >= 0.6 is 0 Å². The van der Waals surface area contributed by atoms with E-state index in [2.05, 4.69) is 9.97 Å². The summed E-state index contributed by atoms with van der Waals surface area (Å²) in [5.74, 6) is 0.866. The minimum atomic E-state index is 0.531. The van der Waals surface area contributed by atoms with Crippen molar-refractivity contribution in [3.8, 4) is 6.01 Å². The van der Waals surface area contributed by atoms with Crippen LogP contribution in [-0.4, -0.2) is 21.1 Å². The molecular weight excluding hydrogens is 264 g/mol. The fraction of sp³-hybridized carbons (Fsp3) is 0.125. The van der Waals surface area contributed by atoms with Crippen LogP contribution in [0.2, 0.25) is 0 Å². The summed E-state index contributed by atoms with van der Waals surface area (Å²) in [5.41, 5.74) is 9.20. The number of imidazole rings is 1. The van der Waals surface area contributed by atoms with Crippen LogP contribution in [0.3, 0.4) is 0 Å². The second-order valence-corrected chi connectivity index (χ2v) is 4.85. The molecule has 5 nitrogen and oxygen atoms in total. The summed E-state index contributed by atoms with van der Waals surface area (Å²) in [7, 11) is 0. The molecule has 0 saturated carbocycles. The number of nitrogens with two attached hydrogens (primary N) is 1. The Bertz CT molecular complexity index is 889. The van der Waals surface area contributed by atoms with Crippen molar-refractivity contribution >= 4 is 22.1 Å². The van der Waals surface area contributed by atoms with Gasteiger partial charge in [0.05, 0.1) is 11.0 Å². The monoisotopic (exact) mass is 278 g/mol. The summed E-state index contributed by atoms with van der Waals surface area (Å²) in [6.45, 7) is 0.531. The van der Waals surface area contributed by atoms with Crippen molar-refractivity contribution < 1.29 is 4.42 Å². The maximum atomic E-state index is 5.88. The van der Waals surface area contributed by atoms with Gasteiger partial charge in [-0.15, -0.1) is 0 Å². The molecule has 0 radical (unpaired) electrons. The van der Waals surface area contributed by atoms with Gasteiger partial charge in [0.15, 0.2) is 5.58 Å². The molecule has 4 rings (SSSR count). The fourth-order valence-corrected chi connectivity index (χ4v) is 2.54. The van der Waals surface area contributed by atoms with E-state index in [0.717, 1.165) is 28.0 Å². The van der Waals surface area contributed by atoms with Gasteiger partial charge in [-0.25, -0.2) is 9.55 Å². The number of oxazole rings is 1. The van der Waals surface area contributed by atoms with E-state index in [1.54, 1.807) is 0 Å². The van der Waals surface area contributed by atoms with Gasteiger partial charge in [0.25, 0.3) is 0 Å². The number of rotatable bonds is 3. The Morgan fingerprint density at radius 2 is 1.71 bits per heavy atom. The Labute approximate surface area is 121 Å². The molecule has 0 fully saturated rings. The molecule has 5 heteroatoms. The van der Waals surface area contributed by atoms with E-state index in [9.17, 15) is 0 Å². The number of aromatic nitrogens is 3. The van der Waals surface area contributed by atoms with E-state index in [4.69, 9.17) is 10.2 Å². The van der Waals surface area contributed by atoms with Crippen LogP contribution in [0.5, 0.6) is 0 Å². The van der Waals surface area contributed by atoms with E-state index in [-0.39, 0.29) is 0 Å². The number of benzene rings is 2. The van der Waals surface area contributed by atoms with Crippen molar-refractivity contribution in [3.05, 3.63) is 54.4 Å². The number of fused-ring (bicyclic) bond motifs is 2. The first-order valence-corrected chi connectivity index (χ1v) is 6.89. The van der Waals surface area contributed by atoms with E-state index >= 15 is 0 Å². The third-order valence-corrected chi connectivity index (χ3v) is 3.47. The zero-order valence-electron chi connectivity index (χ0n) is 11.4. The van der Waals surface area contributed by atoms with Gasteiger partial charge in [0.1, 0.15) is 11.3 Å². The highest BCUT2D eigenvalue weighted by molar-refractivity contribution is 5.79. The lowest BCUT2D eigenvalue weighted by Gasteiger charge is -2.02. The molecule has 0 aliphatic rings. The molecule has 0 bridgehead atoms. The number of hydrogen-bond donors (Lipinski definition) is 1. The van der Waals surface area contributed by atoms with Crippen molar-refractivity contribution in [2.75, 3.05) is 6.54 Å². The summed E-state index contributed by atoms with van der Waals surface area (Å²) in [6, 6.07) is 16.2. The van der Waals surface area contributed by atoms with Crippen LogP contribution in [0.1, 0.15) is 5.82 Å². The van der Waals surface area contributed by atoms with Gasteiger partial charge >= 0.3 is 6.01 Å². The summed E-state index contributed by atoms with van der Waals surface area (Å²) in [5, 5.41) is 0. The molecule has 0 atom stereocenters. The molecule has 0 spiro atoms. The topological polar surface area (TPSA) is 69.9 Å². The molecule has 2 aromatic carbocycles. The van der Waals surface area contributed by atoms with Crippen LogP contribution in [0, 0.1) is 0 Å². The molecule has 2 heterocycles.